The van der Waals surface area contributed by atoms with E-state index in [1.165, 1.54) is 23.9 Å². The van der Waals surface area contributed by atoms with Gasteiger partial charge in [-0.25, -0.2) is 9.07 Å². The van der Waals surface area contributed by atoms with Gasteiger partial charge in [0.1, 0.15) is 17.4 Å². The lowest BCUT2D eigenvalue weighted by Gasteiger charge is -2.17. The van der Waals surface area contributed by atoms with Crippen LogP contribution in [0.2, 0.25) is 0 Å². The van der Waals surface area contributed by atoms with Gasteiger partial charge in [-0.2, -0.15) is 5.10 Å². The highest BCUT2D eigenvalue weighted by atomic mass is 32.2. The molecule has 1 aliphatic heterocycles. The first-order valence-corrected chi connectivity index (χ1v) is 9.49. The number of anilines is 1. The summed E-state index contributed by atoms with van der Waals surface area (Å²) in [5.41, 5.74) is 3.21. The first-order chi connectivity index (χ1) is 12.9. The maximum absolute atomic E-state index is 13.3. The molecule has 0 spiro atoms. The van der Waals surface area contributed by atoms with E-state index in [0.717, 1.165) is 16.8 Å². The number of thioether (sulfide) groups is 1. The Balaban J connectivity index is 1.91. The lowest BCUT2D eigenvalue weighted by Crippen LogP contribution is -2.22. The minimum absolute atomic E-state index is 0.118. The Bertz CT molecular complexity index is 1020. The van der Waals surface area contributed by atoms with E-state index in [9.17, 15) is 14.3 Å². The van der Waals surface area contributed by atoms with Crippen LogP contribution in [0.15, 0.2) is 48.5 Å². The normalized spacial score (nSPS) is 19.3. The van der Waals surface area contributed by atoms with Crippen molar-refractivity contribution in [2.75, 3.05) is 5.32 Å². The van der Waals surface area contributed by atoms with E-state index in [1.54, 1.807) is 35.0 Å². The average molecular weight is 383 g/mol. The van der Waals surface area contributed by atoms with Gasteiger partial charge in [0.05, 0.1) is 21.9 Å². The minimum Gasteiger partial charge on any atom is -0.508 e. The first-order valence-electron chi connectivity index (χ1n) is 8.55. The Morgan fingerprint density at radius 3 is 2.67 bits per heavy atom. The van der Waals surface area contributed by atoms with Crippen LogP contribution in [0.1, 0.15) is 29.0 Å². The zero-order valence-electron chi connectivity index (χ0n) is 14.8. The quantitative estimate of drug-likeness (QED) is 0.696. The predicted molar refractivity (Wildman–Crippen MR) is 104 cm³/mol. The molecule has 0 saturated heterocycles. The van der Waals surface area contributed by atoms with Crippen molar-refractivity contribution < 1.29 is 14.3 Å². The standard InChI is InChI=1S/C20H18FN3O2S/c1-11-17-18(13-4-3-5-16(25)10-13)27-12(2)20(26)22-19(17)24(23-11)15-8-6-14(21)7-9-15/h3-10,12,18,25H,1-2H3,(H,22,26). The van der Waals surface area contributed by atoms with Crippen molar-refractivity contribution >= 4 is 23.5 Å². The Morgan fingerprint density at radius 2 is 1.96 bits per heavy atom. The fraction of sp³-hybridized carbons (Fsp3) is 0.200. The van der Waals surface area contributed by atoms with Crippen LogP contribution in [0.3, 0.4) is 0 Å². The molecule has 1 amide bonds. The zero-order chi connectivity index (χ0) is 19.1. The van der Waals surface area contributed by atoms with Crippen LogP contribution < -0.4 is 5.32 Å². The van der Waals surface area contributed by atoms with Gasteiger partial charge in [0.25, 0.3) is 0 Å². The number of nitrogens with zero attached hydrogens (tertiary/aromatic N) is 2. The maximum atomic E-state index is 13.3. The summed E-state index contributed by atoms with van der Waals surface area (Å²) in [4.78, 5) is 12.6. The molecule has 1 aromatic heterocycles. The number of aryl methyl sites for hydroxylation is 1. The smallest absolute Gasteiger partial charge is 0.238 e. The Morgan fingerprint density at radius 1 is 1.22 bits per heavy atom. The third-order valence-corrected chi connectivity index (χ3v) is 5.97. The molecule has 2 N–H and O–H groups in total. The number of fused-ring (bicyclic) bond motifs is 1. The monoisotopic (exact) mass is 383 g/mol. The third-order valence-electron chi connectivity index (χ3n) is 4.56. The molecule has 2 atom stereocenters. The van der Waals surface area contributed by atoms with Crippen molar-refractivity contribution in [2.24, 2.45) is 0 Å². The second-order valence-electron chi connectivity index (χ2n) is 6.48. The van der Waals surface area contributed by atoms with Crippen LogP contribution in [0.4, 0.5) is 10.2 Å². The summed E-state index contributed by atoms with van der Waals surface area (Å²) >= 11 is 1.51. The number of halogens is 1. The zero-order valence-corrected chi connectivity index (χ0v) is 15.6. The molecular formula is C20H18FN3O2S. The molecule has 0 radical (unpaired) electrons. The van der Waals surface area contributed by atoms with E-state index in [2.05, 4.69) is 10.4 Å². The molecule has 4 rings (SSSR count). The molecule has 138 valence electrons. The van der Waals surface area contributed by atoms with E-state index < -0.39 is 0 Å². The highest BCUT2D eigenvalue weighted by Gasteiger charge is 2.34. The van der Waals surface area contributed by atoms with Crippen molar-refractivity contribution in [2.45, 2.75) is 24.3 Å². The van der Waals surface area contributed by atoms with Gasteiger partial charge in [-0.05, 0) is 55.8 Å². The van der Waals surface area contributed by atoms with Crippen molar-refractivity contribution in [1.82, 2.24) is 9.78 Å². The van der Waals surface area contributed by atoms with Crippen LogP contribution in [0.25, 0.3) is 5.69 Å². The largest absolute Gasteiger partial charge is 0.508 e. The van der Waals surface area contributed by atoms with Gasteiger partial charge in [0.2, 0.25) is 5.91 Å². The lowest BCUT2D eigenvalue weighted by molar-refractivity contribution is -0.115. The number of rotatable bonds is 2. The summed E-state index contributed by atoms with van der Waals surface area (Å²) in [5.74, 6) is 0.301. The maximum Gasteiger partial charge on any atom is 0.238 e. The number of hydrogen-bond donors (Lipinski definition) is 2. The van der Waals surface area contributed by atoms with Gasteiger partial charge in [-0.3, -0.25) is 4.79 Å². The third kappa shape index (κ3) is 3.19. The molecule has 0 bridgehead atoms. The molecule has 3 aromatic rings. The number of nitrogens with one attached hydrogen (secondary N) is 1. The van der Waals surface area contributed by atoms with Gasteiger partial charge < -0.3 is 10.4 Å². The topological polar surface area (TPSA) is 67.1 Å². The summed E-state index contributed by atoms with van der Waals surface area (Å²) in [5, 5.41) is 17.0. The van der Waals surface area contributed by atoms with Crippen molar-refractivity contribution in [1.29, 1.82) is 0 Å². The van der Waals surface area contributed by atoms with Crippen molar-refractivity contribution in [3.63, 3.8) is 0 Å². The summed E-state index contributed by atoms with van der Waals surface area (Å²) in [6, 6.07) is 13.0. The molecule has 0 fully saturated rings. The van der Waals surface area contributed by atoms with Gasteiger partial charge in [-0.15, -0.1) is 11.8 Å². The SMILES string of the molecule is Cc1nn(-c2ccc(F)cc2)c2c1C(c1cccc(O)c1)SC(C)C(=O)N2. The van der Waals surface area contributed by atoms with Crippen LogP contribution in [0.5, 0.6) is 5.75 Å². The molecule has 0 saturated carbocycles. The number of phenols is 1. The number of aromatic hydroxyl groups is 1. The summed E-state index contributed by atoms with van der Waals surface area (Å²) in [6.45, 7) is 3.74. The molecule has 2 aromatic carbocycles. The second-order valence-corrected chi connectivity index (χ2v) is 7.93. The van der Waals surface area contributed by atoms with Crippen LogP contribution in [-0.4, -0.2) is 26.0 Å². The Kier molecular flexibility index (Phi) is 4.39. The van der Waals surface area contributed by atoms with Crippen molar-refractivity contribution in [3.05, 3.63) is 71.2 Å². The number of amides is 1. The molecule has 27 heavy (non-hydrogen) atoms. The Labute approximate surface area is 160 Å². The minimum atomic E-state index is -0.334. The number of benzene rings is 2. The summed E-state index contributed by atoms with van der Waals surface area (Å²) in [6.07, 6.45) is 0. The molecule has 1 aliphatic rings. The van der Waals surface area contributed by atoms with E-state index in [0.29, 0.717) is 11.5 Å². The van der Waals surface area contributed by atoms with Gasteiger partial charge in [0.15, 0.2) is 0 Å². The van der Waals surface area contributed by atoms with E-state index >= 15 is 0 Å². The predicted octanol–water partition coefficient (Wildman–Crippen LogP) is 4.19. The van der Waals surface area contributed by atoms with E-state index in [1.807, 2.05) is 19.9 Å². The molecule has 0 aliphatic carbocycles. The van der Waals surface area contributed by atoms with Gasteiger partial charge >= 0.3 is 0 Å². The molecular weight excluding hydrogens is 365 g/mol. The number of carbonyl (C=O) groups excluding carboxylic acids is 1. The summed E-state index contributed by atoms with van der Waals surface area (Å²) < 4.78 is 15.0. The summed E-state index contributed by atoms with van der Waals surface area (Å²) in [7, 11) is 0. The molecule has 2 heterocycles. The molecule has 7 heteroatoms. The van der Waals surface area contributed by atoms with Crippen molar-refractivity contribution in [3.8, 4) is 11.4 Å². The lowest BCUT2D eigenvalue weighted by atomic mass is 10.0. The number of phenolic OH excluding ortho intramolecular Hbond substituents is 1. The Hall–Kier alpha value is -2.80. The highest BCUT2D eigenvalue weighted by molar-refractivity contribution is 8.01. The van der Waals surface area contributed by atoms with Crippen LogP contribution in [0, 0.1) is 12.7 Å². The molecule has 2 unspecified atom stereocenters. The first kappa shape index (κ1) is 17.6. The molecule has 5 nitrogen and oxygen atoms in total. The van der Waals surface area contributed by atoms with Crippen LogP contribution in [-0.2, 0) is 4.79 Å². The fourth-order valence-corrected chi connectivity index (χ4v) is 4.54. The van der Waals surface area contributed by atoms with E-state index in [4.69, 9.17) is 0 Å². The van der Waals surface area contributed by atoms with Crippen LogP contribution >= 0.6 is 11.8 Å². The fourth-order valence-electron chi connectivity index (χ4n) is 3.23. The van der Waals surface area contributed by atoms with Gasteiger partial charge in [-0.1, -0.05) is 12.1 Å². The van der Waals surface area contributed by atoms with E-state index in [-0.39, 0.29) is 28.0 Å². The van der Waals surface area contributed by atoms with Gasteiger partial charge in [0, 0.05) is 5.56 Å². The number of carbonyl (C=O) groups is 1. The number of aromatic nitrogens is 2. The highest BCUT2D eigenvalue weighted by Crippen LogP contribution is 2.46. The average Bonchev–Trinajstić information content (AvgIpc) is 2.88. The second kappa shape index (κ2) is 6.74. The number of hydrogen-bond acceptors (Lipinski definition) is 4.